The molecular formula is C8H16N2O4S. The minimum Gasteiger partial charge on any atom is -0.479 e. The first kappa shape index (κ1) is 14.1. The standard InChI is InChI=1S/C8H16N2O4S/c1-3-15-5-6(2)9-8(13)10-14-4-7(11)12/h6H,3-5H2,1-2H3,(H,11,12)(H2,9,10,13). The van der Waals surface area contributed by atoms with Crippen LogP contribution in [0.5, 0.6) is 0 Å². The molecular weight excluding hydrogens is 220 g/mol. The van der Waals surface area contributed by atoms with Crippen molar-refractivity contribution in [3.8, 4) is 0 Å². The van der Waals surface area contributed by atoms with Crippen LogP contribution in [0.2, 0.25) is 0 Å². The quantitative estimate of drug-likeness (QED) is 0.558. The van der Waals surface area contributed by atoms with Gasteiger partial charge in [0.15, 0.2) is 6.61 Å². The fraction of sp³-hybridized carbons (Fsp3) is 0.750. The smallest absolute Gasteiger partial charge is 0.338 e. The summed E-state index contributed by atoms with van der Waals surface area (Å²) >= 11 is 1.71. The van der Waals surface area contributed by atoms with Crippen LogP contribution in [0.25, 0.3) is 0 Å². The molecule has 0 aliphatic carbocycles. The van der Waals surface area contributed by atoms with Gasteiger partial charge in [0.2, 0.25) is 0 Å². The van der Waals surface area contributed by atoms with E-state index in [1.165, 1.54) is 0 Å². The molecule has 6 nitrogen and oxygen atoms in total. The van der Waals surface area contributed by atoms with Crippen molar-refractivity contribution >= 4 is 23.8 Å². The van der Waals surface area contributed by atoms with E-state index in [4.69, 9.17) is 5.11 Å². The van der Waals surface area contributed by atoms with Crippen LogP contribution in [-0.2, 0) is 9.63 Å². The number of carbonyl (C=O) groups excluding carboxylic acids is 1. The van der Waals surface area contributed by atoms with Gasteiger partial charge in [0.05, 0.1) is 0 Å². The number of aliphatic carboxylic acids is 1. The van der Waals surface area contributed by atoms with Gasteiger partial charge in [0, 0.05) is 11.8 Å². The Hall–Kier alpha value is -0.950. The zero-order chi connectivity index (χ0) is 11.7. The summed E-state index contributed by atoms with van der Waals surface area (Å²) < 4.78 is 0. The Balaban J connectivity index is 3.50. The minimum absolute atomic E-state index is 0.0170. The lowest BCUT2D eigenvalue weighted by atomic mass is 10.4. The van der Waals surface area contributed by atoms with Crippen LogP contribution in [0.4, 0.5) is 4.79 Å². The fourth-order valence-corrected chi connectivity index (χ4v) is 1.43. The van der Waals surface area contributed by atoms with E-state index in [1.807, 2.05) is 19.3 Å². The van der Waals surface area contributed by atoms with Gasteiger partial charge in [-0.25, -0.2) is 15.1 Å². The first-order valence-electron chi connectivity index (χ1n) is 4.54. The predicted octanol–water partition coefficient (Wildman–Crippen LogP) is 0.443. The van der Waals surface area contributed by atoms with Crippen molar-refractivity contribution in [1.29, 1.82) is 0 Å². The van der Waals surface area contributed by atoms with Crippen molar-refractivity contribution in [3.05, 3.63) is 0 Å². The SMILES string of the molecule is CCSCC(C)NC(=O)NOCC(=O)O. The number of carbonyl (C=O) groups is 2. The van der Waals surface area contributed by atoms with Crippen molar-refractivity contribution in [1.82, 2.24) is 10.8 Å². The first-order chi connectivity index (χ1) is 7.06. The fourth-order valence-electron chi connectivity index (χ4n) is 0.753. The molecule has 0 aromatic heterocycles. The number of carboxylic acids is 1. The van der Waals surface area contributed by atoms with Gasteiger partial charge < -0.3 is 10.4 Å². The summed E-state index contributed by atoms with van der Waals surface area (Å²) in [4.78, 5) is 25.5. The first-order valence-corrected chi connectivity index (χ1v) is 5.69. The zero-order valence-electron chi connectivity index (χ0n) is 8.78. The van der Waals surface area contributed by atoms with Crippen molar-refractivity contribution in [2.45, 2.75) is 19.9 Å². The lowest BCUT2D eigenvalue weighted by Crippen LogP contribution is -2.42. The second-order valence-corrected chi connectivity index (χ2v) is 4.14. The Labute approximate surface area is 92.7 Å². The maximum absolute atomic E-state index is 11.0. The van der Waals surface area contributed by atoms with Crippen LogP contribution in [-0.4, -0.2) is 41.3 Å². The largest absolute Gasteiger partial charge is 0.479 e. The number of amides is 2. The van der Waals surface area contributed by atoms with E-state index in [2.05, 4.69) is 10.2 Å². The van der Waals surface area contributed by atoms with E-state index in [0.717, 1.165) is 11.5 Å². The third-order valence-electron chi connectivity index (χ3n) is 1.31. The molecule has 0 aromatic rings. The molecule has 0 heterocycles. The van der Waals surface area contributed by atoms with E-state index >= 15 is 0 Å². The number of hydrogen-bond acceptors (Lipinski definition) is 4. The van der Waals surface area contributed by atoms with E-state index in [9.17, 15) is 9.59 Å². The summed E-state index contributed by atoms with van der Waals surface area (Å²) in [6, 6.07) is -0.510. The van der Waals surface area contributed by atoms with E-state index < -0.39 is 18.6 Å². The highest BCUT2D eigenvalue weighted by molar-refractivity contribution is 7.99. The summed E-state index contributed by atoms with van der Waals surface area (Å²) in [6.07, 6.45) is 0. The minimum atomic E-state index is -1.13. The number of nitrogens with one attached hydrogen (secondary N) is 2. The van der Waals surface area contributed by atoms with Crippen LogP contribution in [0.15, 0.2) is 0 Å². The number of hydrogen-bond donors (Lipinski definition) is 3. The van der Waals surface area contributed by atoms with Crippen LogP contribution < -0.4 is 10.8 Å². The highest BCUT2D eigenvalue weighted by atomic mass is 32.2. The molecule has 0 fully saturated rings. The lowest BCUT2D eigenvalue weighted by Gasteiger charge is -2.13. The number of carboxylic acid groups (broad SMARTS) is 1. The third-order valence-corrected chi connectivity index (χ3v) is 2.45. The molecule has 0 saturated heterocycles. The highest BCUT2D eigenvalue weighted by Gasteiger charge is 2.07. The van der Waals surface area contributed by atoms with Crippen LogP contribution in [0, 0.1) is 0 Å². The number of hydroxylamine groups is 1. The Bertz CT molecular complexity index is 213. The van der Waals surface area contributed by atoms with Gasteiger partial charge in [-0.1, -0.05) is 6.92 Å². The Kier molecular flexibility index (Phi) is 7.84. The Morgan fingerprint density at radius 3 is 2.73 bits per heavy atom. The molecule has 3 N–H and O–H groups in total. The van der Waals surface area contributed by atoms with Gasteiger partial charge in [0.1, 0.15) is 0 Å². The van der Waals surface area contributed by atoms with Gasteiger partial charge in [-0.2, -0.15) is 11.8 Å². The molecule has 1 unspecified atom stereocenters. The summed E-state index contributed by atoms with van der Waals surface area (Å²) in [5.74, 6) is 0.663. The number of rotatable bonds is 7. The molecule has 1 atom stereocenters. The maximum atomic E-state index is 11.0. The molecule has 7 heteroatoms. The van der Waals surface area contributed by atoms with E-state index in [-0.39, 0.29) is 6.04 Å². The molecule has 0 rings (SSSR count). The highest BCUT2D eigenvalue weighted by Crippen LogP contribution is 2.00. The van der Waals surface area contributed by atoms with Crippen molar-refractivity contribution < 1.29 is 19.5 Å². The van der Waals surface area contributed by atoms with E-state index in [0.29, 0.717) is 0 Å². The lowest BCUT2D eigenvalue weighted by molar-refractivity contribution is -0.144. The molecule has 15 heavy (non-hydrogen) atoms. The van der Waals surface area contributed by atoms with Crippen LogP contribution >= 0.6 is 11.8 Å². The molecule has 0 saturated carbocycles. The number of thioether (sulfide) groups is 1. The molecule has 0 aromatic carbocycles. The van der Waals surface area contributed by atoms with Gasteiger partial charge in [0.25, 0.3) is 0 Å². The molecule has 2 amide bonds. The summed E-state index contributed by atoms with van der Waals surface area (Å²) in [7, 11) is 0. The average molecular weight is 236 g/mol. The summed E-state index contributed by atoms with van der Waals surface area (Å²) in [5, 5.41) is 10.8. The summed E-state index contributed by atoms with van der Waals surface area (Å²) in [5.41, 5.74) is 1.98. The Morgan fingerprint density at radius 1 is 1.53 bits per heavy atom. The Morgan fingerprint density at radius 2 is 2.20 bits per heavy atom. The topological polar surface area (TPSA) is 87.7 Å². The second kappa shape index (κ2) is 8.37. The molecule has 88 valence electrons. The van der Waals surface area contributed by atoms with Gasteiger partial charge in [-0.05, 0) is 12.7 Å². The van der Waals surface area contributed by atoms with Crippen molar-refractivity contribution in [2.24, 2.45) is 0 Å². The molecule has 0 aliphatic rings. The molecule has 0 radical (unpaired) electrons. The van der Waals surface area contributed by atoms with E-state index in [1.54, 1.807) is 11.8 Å². The monoisotopic (exact) mass is 236 g/mol. The molecule has 0 aliphatic heterocycles. The zero-order valence-corrected chi connectivity index (χ0v) is 9.60. The molecule has 0 bridgehead atoms. The summed E-state index contributed by atoms with van der Waals surface area (Å²) in [6.45, 7) is 3.35. The average Bonchev–Trinajstić information content (AvgIpc) is 2.14. The van der Waals surface area contributed by atoms with Gasteiger partial charge in [-0.3, -0.25) is 4.84 Å². The second-order valence-electron chi connectivity index (χ2n) is 2.82. The normalized spacial score (nSPS) is 11.9. The van der Waals surface area contributed by atoms with Crippen molar-refractivity contribution in [2.75, 3.05) is 18.1 Å². The van der Waals surface area contributed by atoms with Gasteiger partial charge >= 0.3 is 12.0 Å². The maximum Gasteiger partial charge on any atom is 0.338 e. The van der Waals surface area contributed by atoms with Gasteiger partial charge in [-0.15, -0.1) is 0 Å². The number of urea groups is 1. The molecule has 0 spiro atoms. The van der Waals surface area contributed by atoms with Crippen LogP contribution in [0.3, 0.4) is 0 Å². The van der Waals surface area contributed by atoms with Crippen LogP contribution in [0.1, 0.15) is 13.8 Å². The predicted molar refractivity (Wildman–Crippen MR) is 57.7 cm³/mol. The van der Waals surface area contributed by atoms with Crippen molar-refractivity contribution in [3.63, 3.8) is 0 Å². The third kappa shape index (κ3) is 9.36.